The maximum Gasteiger partial charge on any atom is 0.0845 e. The van der Waals surface area contributed by atoms with E-state index in [1.807, 2.05) is 13.2 Å². The minimum absolute atomic E-state index is 0.114. The van der Waals surface area contributed by atoms with Crippen molar-refractivity contribution in [3.8, 4) is 0 Å². The highest BCUT2D eigenvalue weighted by atomic mass is 15.4. The van der Waals surface area contributed by atoms with Crippen LogP contribution in [-0.4, -0.2) is 20.5 Å². The van der Waals surface area contributed by atoms with Gasteiger partial charge in [-0.15, -0.1) is 5.10 Å². The Morgan fingerprint density at radius 2 is 2.18 bits per heavy atom. The van der Waals surface area contributed by atoms with Crippen molar-refractivity contribution >= 4 is 0 Å². The summed E-state index contributed by atoms with van der Waals surface area (Å²) >= 11 is 0. The maximum atomic E-state index is 6.59. The van der Waals surface area contributed by atoms with Gasteiger partial charge < -0.3 is 5.73 Å². The number of nitrogens with two attached hydrogens (primary N) is 1. The summed E-state index contributed by atoms with van der Waals surface area (Å²) in [7, 11) is 1.90. The molecular formula is C13H24N4. The minimum Gasteiger partial charge on any atom is -0.325 e. The molecule has 1 aromatic heterocycles. The van der Waals surface area contributed by atoms with Crippen LogP contribution in [-0.2, 0) is 13.5 Å². The third-order valence-electron chi connectivity index (χ3n) is 3.67. The second-order valence-electron chi connectivity index (χ2n) is 6.78. The van der Waals surface area contributed by atoms with E-state index < -0.39 is 0 Å². The first-order valence-electron chi connectivity index (χ1n) is 6.42. The molecule has 0 saturated heterocycles. The smallest absolute Gasteiger partial charge is 0.0845 e. The summed E-state index contributed by atoms with van der Waals surface area (Å²) < 4.78 is 1.75. The molecule has 0 radical (unpaired) electrons. The third kappa shape index (κ3) is 3.06. The molecule has 4 nitrogen and oxygen atoms in total. The number of hydrogen-bond acceptors (Lipinski definition) is 3. The first-order chi connectivity index (χ1) is 7.78. The van der Waals surface area contributed by atoms with Crippen LogP contribution in [0.5, 0.6) is 0 Å². The Morgan fingerprint density at radius 1 is 1.47 bits per heavy atom. The summed E-state index contributed by atoms with van der Waals surface area (Å²) in [5.74, 6) is 0.695. The Kier molecular flexibility index (Phi) is 3.02. The van der Waals surface area contributed by atoms with Gasteiger partial charge in [0.1, 0.15) is 0 Å². The van der Waals surface area contributed by atoms with E-state index in [2.05, 4.69) is 31.1 Å². The number of nitrogens with zero attached hydrogens (tertiary/aromatic N) is 3. The third-order valence-corrected chi connectivity index (χ3v) is 3.67. The van der Waals surface area contributed by atoms with Gasteiger partial charge >= 0.3 is 0 Å². The summed E-state index contributed by atoms with van der Waals surface area (Å²) in [6, 6.07) is 0. The fourth-order valence-electron chi connectivity index (χ4n) is 3.78. The molecular weight excluding hydrogens is 212 g/mol. The minimum atomic E-state index is -0.114. The Balaban J connectivity index is 2.12. The van der Waals surface area contributed by atoms with Crippen LogP contribution < -0.4 is 5.73 Å². The molecule has 0 aliphatic heterocycles. The van der Waals surface area contributed by atoms with E-state index in [1.165, 1.54) is 6.42 Å². The summed E-state index contributed by atoms with van der Waals surface area (Å²) in [5, 5.41) is 8.14. The highest BCUT2D eigenvalue weighted by Gasteiger charge is 2.40. The van der Waals surface area contributed by atoms with Gasteiger partial charge in [0, 0.05) is 25.2 Å². The van der Waals surface area contributed by atoms with E-state index >= 15 is 0 Å². The Hall–Kier alpha value is -0.900. The Morgan fingerprint density at radius 3 is 2.71 bits per heavy atom. The van der Waals surface area contributed by atoms with Crippen LogP contribution in [0, 0.1) is 11.3 Å². The lowest BCUT2D eigenvalue weighted by Crippen LogP contribution is -2.50. The van der Waals surface area contributed by atoms with Gasteiger partial charge in [0.15, 0.2) is 0 Å². The normalized spacial score (nSPS) is 32.6. The van der Waals surface area contributed by atoms with Gasteiger partial charge in [0.2, 0.25) is 0 Å². The molecule has 1 aliphatic rings. The first kappa shape index (κ1) is 12.6. The highest BCUT2D eigenvalue weighted by molar-refractivity contribution is 5.06. The van der Waals surface area contributed by atoms with Crippen molar-refractivity contribution in [1.82, 2.24) is 15.0 Å². The van der Waals surface area contributed by atoms with E-state index in [4.69, 9.17) is 5.73 Å². The predicted octanol–water partition coefficient (Wildman–Crippen LogP) is 1.90. The SMILES string of the molecule is CC1CC(C)(C)CC(N)(Cc2cn(C)nn2)C1. The average Bonchev–Trinajstić information content (AvgIpc) is 2.44. The van der Waals surface area contributed by atoms with Gasteiger partial charge in [-0.1, -0.05) is 26.0 Å². The van der Waals surface area contributed by atoms with E-state index in [0.29, 0.717) is 11.3 Å². The molecule has 0 bridgehead atoms. The summed E-state index contributed by atoms with van der Waals surface area (Å²) in [6.45, 7) is 6.95. The quantitative estimate of drug-likeness (QED) is 0.853. The van der Waals surface area contributed by atoms with Gasteiger partial charge in [0.25, 0.3) is 0 Å². The van der Waals surface area contributed by atoms with Crippen molar-refractivity contribution in [3.63, 3.8) is 0 Å². The van der Waals surface area contributed by atoms with Gasteiger partial charge in [0.05, 0.1) is 5.69 Å². The van der Waals surface area contributed by atoms with Crippen molar-refractivity contribution < 1.29 is 0 Å². The van der Waals surface area contributed by atoms with Gasteiger partial charge in [-0.05, 0) is 30.6 Å². The fourth-order valence-corrected chi connectivity index (χ4v) is 3.78. The molecule has 1 fully saturated rings. The predicted molar refractivity (Wildman–Crippen MR) is 68.4 cm³/mol. The highest BCUT2D eigenvalue weighted by Crippen LogP contribution is 2.43. The van der Waals surface area contributed by atoms with Gasteiger partial charge in [-0.2, -0.15) is 0 Å². The summed E-state index contributed by atoms with van der Waals surface area (Å²) in [4.78, 5) is 0. The first-order valence-corrected chi connectivity index (χ1v) is 6.42. The molecule has 1 aromatic rings. The topological polar surface area (TPSA) is 56.7 Å². The van der Waals surface area contributed by atoms with E-state index in [0.717, 1.165) is 25.0 Å². The van der Waals surface area contributed by atoms with Crippen molar-refractivity contribution in [2.45, 2.75) is 52.0 Å². The second kappa shape index (κ2) is 4.09. The maximum absolute atomic E-state index is 6.59. The molecule has 2 rings (SSSR count). The molecule has 2 N–H and O–H groups in total. The van der Waals surface area contributed by atoms with Crippen LogP contribution in [0.15, 0.2) is 6.20 Å². The van der Waals surface area contributed by atoms with Crippen LogP contribution in [0.1, 0.15) is 45.7 Å². The van der Waals surface area contributed by atoms with E-state index in [-0.39, 0.29) is 5.54 Å². The summed E-state index contributed by atoms with van der Waals surface area (Å²) in [5.41, 5.74) is 7.83. The van der Waals surface area contributed by atoms with Gasteiger partial charge in [-0.25, -0.2) is 0 Å². The van der Waals surface area contributed by atoms with Crippen molar-refractivity contribution in [3.05, 3.63) is 11.9 Å². The molecule has 96 valence electrons. The number of aromatic nitrogens is 3. The fraction of sp³-hybridized carbons (Fsp3) is 0.846. The zero-order valence-corrected chi connectivity index (χ0v) is 11.4. The number of rotatable bonds is 2. The molecule has 1 saturated carbocycles. The monoisotopic (exact) mass is 236 g/mol. The second-order valence-corrected chi connectivity index (χ2v) is 6.78. The summed E-state index contributed by atoms with van der Waals surface area (Å²) in [6.07, 6.45) is 6.25. The average molecular weight is 236 g/mol. The molecule has 0 aromatic carbocycles. The lowest BCUT2D eigenvalue weighted by molar-refractivity contribution is 0.107. The molecule has 2 atom stereocenters. The molecule has 1 heterocycles. The molecule has 4 heteroatoms. The van der Waals surface area contributed by atoms with Crippen molar-refractivity contribution in [2.24, 2.45) is 24.1 Å². The standard InChI is InChI=1S/C13H24N4/c1-10-5-12(2,3)9-13(14,6-10)7-11-8-17(4)16-15-11/h8,10H,5-7,9,14H2,1-4H3. The largest absolute Gasteiger partial charge is 0.325 e. The zero-order chi connectivity index (χ0) is 12.7. The molecule has 0 spiro atoms. The molecule has 2 unspecified atom stereocenters. The Bertz CT molecular complexity index is 396. The lowest BCUT2D eigenvalue weighted by Gasteiger charge is -2.45. The van der Waals surface area contributed by atoms with Crippen LogP contribution >= 0.6 is 0 Å². The van der Waals surface area contributed by atoms with Crippen molar-refractivity contribution in [2.75, 3.05) is 0 Å². The number of aryl methyl sites for hydroxylation is 1. The van der Waals surface area contributed by atoms with Crippen LogP contribution in [0.25, 0.3) is 0 Å². The molecule has 1 aliphatic carbocycles. The zero-order valence-electron chi connectivity index (χ0n) is 11.4. The van der Waals surface area contributed by atoms with E-state index in [9.17, 15) is 0 Å². The van der Waals surface area contributed by atoms with Crippen LogP contribution in [0.4, 0.5) is 0 Å². The van der Waals surface area contributed by atoms with Gasteiger partial charge in [-0.3, -0.25) is 4.68 Å². The van der Waals surface area contributed by atoms with Crippen molar-refractivity contribution in [1.29, 1.82) is 0 Å². The Labute approximate surface area is 104 Å². The van der Waals surface area contributed by atoms with E-state index in [1.54, 1.807) is 4.68 Å². The number of hydrogen-bond donors (Lipinski definition) is 1. The molecule has 17 heavy (non-hydrogen) atoms. The molecule has 0 amide bonds. The van der Waals surface area contributed by atoms with Crippen LogP contribution in [0.2, 0.25) is 0 Å². The van der Waals surface area contributed by atoms with Crippen LogP contribution in [0.3, 0.4) is 0 Å². The lowest BCUT2D eigenvalue weighted by atomic mass is 9.63.